The van der Waals surface area contributed by atoms with E-state index in [4.69, 9.17) is 18.9 Å². The summed E-state index contributed by atoms with van der Waals surface area (Å²) in [6.45, 7) is 1.99. The Morgan fingerprint density at radius 1 is 0.879 bits per heavy atom. The van der Waals surface area contributed by atoms with Crippen molar-refractivity contribution in [3.8, 4) is 17.2 Å². The van der Waals surface area contributed by atoms with Gasteiger partial charge in [0.25, 0.3) is 11.8 Å². The van der Waals surface area contributed by atoms with Gasteiger partial charge in [0.05, 0.1) is 30.5 Å². The van der Waals surface area contributed by atoms with Crippen LogP contribution in [-0.4, -0.2) is 42.7 Å². The lowest BCUT2D eigenvalue weighted by Gasteiger charge is -2.21. The SMILES string of the molecule is COCOc1c(C)ncc(COc2ccc(OC)cc2)c1CN1C(=O)c2ccccc2C1=O. The topological polar surface area (TPSA) is 87.2 Å². The third-order valence-electron chi connectivity index (χ3n) is 5.37. The molecule has 170 valence electrons. The van der Waals surface area contributed by atoms with Gasteiger partial charge in [-0.15, -0.1) is 0 Å². The summed E-state index contributed by atoms with van der Waals surface area (Å²) in [5.41, 5.74) is 2.74. The normalized spacial score (nSPS) is 12.6. The fraction of sp³-hybridized carbons (Fsp3) is 0.240. The summed E-state index contributed by atoms with van der Waals surface area (Å²) < 4.78 is 22.0. The van der Waals surface area contributed by atoms with Crippen LogP contribution in [0.25, 0.3) is 0 Å². The van der Waals surface area contributed by atoms with Crippen molar-refractivity contribution in [2.45, 2.75) is 20.1 Å². The van der Waals surface area contributed by atoms with Crippen LogP contribution >= 0.6 is 0 Å². The second kappa shape index (κ2) is 9.70. The Hall–Kier alpha value is -3.91. The highest BCUT2D eigenvalue weighted by Crippen LogP contribution is 2.31. The third-order valence-corrected chi connectivity index (χ3v) is 5.37. The summed E-state index contributed by atoms with van der Waals surface area (Å²) in [7, 11) is 3.12. The maximum Gasteiger partial charge on any atom is 0.261 e. The molecule has 3 aromatic rings. The van der Waals surface area contributed by atoms with Gasteiger partial charge < -0.3 is 18.9 Å². The lowest BCUT2D eigenvalue weighted by molar-refractivity contribution is 0.0483. The molecule has 0 fully saturated rings. The molecule has 0 N–H and O–H groups in total. The number of fused-ring (bicyclic) bond motifs is 1. The van der Waals surface area contributed by atoms with Gasteiger partial charge in [0, 0.05) is 24.4 Å². The molecule has 0 saturated heterocycles. The number of rotatable bonds is 9. The molecule has 0 bridgehead atoms. The fourth-order valence-corrected chi connectivity index (χ4v) is 3.66. The van der Waals surface area contributed by atoms with Crippen molar-refractivity contribution in [3.63, 3.8) is 0 Å². The predicted octanol–water partition coefficient (Wildman–Crippen LogP) is 3.76. The van der Waals surface area contributed by atoms with Crippen LogP contribution in [0.4, 0.5) is 0 Å². The number of imide groups is 1. The number of carbonyl (C=O) groups is 2. The van der Waals surface area contributed by atoms with Crippen molar-refractivity contribution in [3.05, 3.63) is 82.7 Å². The summed E-state index contributed by atoms with van der Waals surface area (Å²) in [6.07, 6.45) is 1.67. The number of aromatic nitrogens is 1. The molecule has 1 aliphatic rings. The number of pyridine rings is 1. The molecular weight excluding hydrogens is 424 g/mol. The zero-order valence-corrected chi connectivity index (χ0v) is 18.7. The van der Waals surface area contributed by atoms with Gasteiger partial charge in [-0.05, 0) is 43.3 Å². The molecule has 33 heavy (non-hydrogen) atoms. The number of aryl methyl sites for hydroxylation is 1. The molecule has 0 saturated carbocycles. The summed E-state index contributed by atoms with van der Waals surface area (Å²) in [6, 6.07) is 14.0. The number of amides is 2. The monoisotopic (exact) mass is 448 g/mol. The van der Waals surface area contributed by atoms with Gasteiger partial charge in [0.15, 0.2) is 6.79 Å². The Kier molecular flexibility index (Phi) is 6.55. The first-order chi connectivity index (χ1) is 16.0. The molecular formula is C25H24N2O6. The number of hydrogen-bond acceptors (Lipinski definition) is 7. The number of nitrogens with zero attached hydrogens (tertiary/aromatic N) is 2. The van der Waals surface area contributed by atoms with Gasteiger partial charge in [-0.25, -0.2) is 0 Å². The Morgan fingerprint density at radius 3 is 2.12 bits per heavy atom. The quantitative estimate of drug-likeness (QED) is 0.364. The van der Waals surface area contributed by atoms with Crippen molar-refractivity contribution in [1.82, 2.24) is 9.88 Å². The molecule has 0 atom stereocenters. The Bertz CT molecular complexity index is 1140. The molecule has 8 heteroatoms. The minimum absolute atomic E-state index is 0.000425. The van der Waals surface area contributed by atoms with Crippen LogP contribution in [0.2, 0.25) is 0 Å². The van der Waals surface area contributed by atoms with Gasteiger partial charge in [0.1, 0.15) is 23.9 Å². The average Bonchev–Trinajstić information content (AvgIpc) is 3.08. The third kappa shape index (κ3) is 4.51. The summed E-state index contributed by atoms with van der Waals surface area (Å²) >= 11 is 0. The van der Waals surface area contributed by atoms with E-state index in [0.717, 1.165) is 5.75 Å². The van der Waals surface area contributed by atoms with Crippen molar-refractivity contribution >= 4 is 11.8 Å². The fourth-order valence-electron chi connectivity index (χ4n) is 3.66. The van der Waals surface area contributed by atoms with Crippen molar-refractivity contribution in [2.75, 3.05) is 21.0 Å². The molecule has 2 amide bonds. The maximum absolute atomic E-state index is 13.0. The van der Waals surface area contributed by atoms with Gasteiger partial charge in [-0.1, -0.05) is 12.1 Å². The molecule has 0 radical (unpaired) electrons. The second-order valence-corrected chi connectivity index (χ2v) is 7.43. The predicted molar refractivity (Wildman–Crippen MR) is 119 cm³/mol. The van der Waals surface area contributed by atoms with Crippen LogP contribution in [-0.2, 0) is 17.9 Å². The lowest BCUT2D eigenvalue weighted by Crippen LogP contribution is -2.30. The smallest absolute Gasteiger partial charge is 0.261 e. The Labute approximate surface area is 191 Å². The lowest BCUT2D eigenvalue weighted by atomic mass is 10.1. The molecule has 0 spiro atoms. The van der Waals surface area contributed by atoms with E-state index in [1.165, 1.54) is 12.0 Å². The minimum Gasteiger partial charge on any atom is -0.497 e. The van der Waals surface area contributed by atoms with Crippen LogP contribution in [0.3, 0.4) is 0 Å². The average molecular weight is 448 g/mol. The second-order valence-electron chi connectivity index (χ2n) is 7.43. The largest absolute Gasteiger partial charge is 0.497 e. The molecule has 0 unspecified atom stereocenters. The van der Waals surface area contributed by atoms with Crippen LogP contribution in [0.15, 0.2) is 54.7 Å². The zero-order chi connectivity index (χ0) is 23.4. The summed E-state index contributed by atoms with van der Waals surface area (Å²) in [5, 5.41) is 0. The van der Waals surface area contributed by atoms with Crippen molar-refractivity contribution in [1.29, 1.82) is 0 Å². The number of hydrogen-bond donors (Lipinski definition) is 0. The summed E-state index contributed by atoms with van der Waals surface area (Å²) in [4.78, 5) is 31.5. The zero-order valence-electron chi connectivity index (χ0n) is 18.7. The Balaban J connectivity index is 1.65. The molecule has 0 aliphatic carbocycles. The van der Waals surface area contributed by atoms with Crippen LogP contribution in [0.1, 0.15) is 37.5 Å². The highest BCUT2D eigenvalue weighted by atomic mass is 16.7. The minimum atomic E-state index is -0.343. The van der Waals surface area contributed by atoms with E-state index in [1.807, 2.05) is 0 Å². The first-order valence-corrected chi connectivity index (χ1v) is 10.3. The number of methoxy groups -OCH3 is 2. The van der Waals surface area contributed by atoms with E-state index in [0.29, 0.717) is 39.4 Å². The molecule has 2 aromatic carbocycles. The van der Waals surface area contributed by atoms with E-state index < -0.39 is 0 Å². The van der Waals surface area contributed by atoms with E-state index in [-0.39, 0.29) is 31.8 Å². The first-order valence-electron chi connectivity index (χ1n) is 10.3. The first kappa shape index (κ1) is 22.3. The van der Waals surface area contributed by atoms with Gasteiger partial charge in [0.2, 0.25) is 0 Å². The van der Waals surface area contributed by atoms with E-state index in [2.05, 4.69) is 4.98 Å². The van der Waals surface area contributed by atoms with Crippen LogP contribution in [0, 0.1) is 6.92 Å². The molecule has 8 nitrogen and oxygen atoms in total. The number of carbonyl (C=O) groups excluding carboxylic acids is 2. The van der Waals surface area contributed by atoms with Gasteiger partial charge >= 0.3 is 0 Å². The highest BCUT2D eigenvalue weighted by Gasteiger charge is 2.36. The standard InChI is InChI=1S/C25H24N2O6/c1-16-23(33-15-30-2)22(13-27-24(28)20-6-4-5-7-21(20)25(27)29)17(12-26-16)14-32-19-10-8-18(31-3)9-11-19/h4-12H,13-15H2,1-3H3. The van der Waals surface area contributed by atoms with Crippen molar-refractivity contribution < 1.29 is 28.5 Å². The number of ether oxygens (including phenoxy) is 4. The van der Waals surface area contributed by atoms with Crippen LogP contribution < -0.4 is 14.2 Å². The molecule has 1 aliphatic heterocycles. The number of benzene rings is 2. The maximum atomic E-state index is 13.0. The van der Waals surface area contributed by atoms with E-state index in [9.17, 15) is 9.59 Å². The van der Waals surface area contributed by atoms with Crippen LogP contribution in [0.5, 0.6) is 17.2 Å². The van der Waals surface area contributed by atoms with E-state index >= 15 is 0 Å². The highest BCUT2D eigenvalue weighted by molar-refractivity contribution is 6.21. The summed E-state index contributed by atoms with van der Waals surface area (Å²) in [5.74, 6) is 1.14. The molecule has 1 aromatic heterocycles. The van der Waals surface area contributed by atoms with E-state index in [1.54, 1.807) is 68.8 Å². The van der Waals surface area contributed by atoms with Gasteiger partial charge in [-0.2, -0.15) is 0 Å². The molecule has 4 rings (SSSR count). The van der Waals surface area contributed by atoms with Gasteiger partial charge in [-0.3, -0.25) is 19.5 Å². The Morgan fingerprint density at radius 2 is 1.52 bits per heavy atom. The molecule has 2 heterocycles. The van der Waals surface area contributed by atoms with Crippen molar-refractivity contribution in [2.24, 2.45) is 0 Å².